The van der Waals surface area contributed by atoms with Crippen molar-refractivity contribution in [2.45, 2.75) is 38.3 Å². The van der Waals surface area contributed by atoms with Crippen LogP contribution in [-0.2, 0) is 6.54 Å². The molecule has 0 bridgehead atoms. The van der Waals surface area contributed by atoms with Gasteiger partial charge in [-0.3, -0.25) is 0 Å². The predicted octanol–water partition coefficient (Wildman–Crippen LogP) is 2.80. The van der Waals surface area contributed by atoms with E-state index in [1.165, 1.54) is 24.9 Å². The van der Waals surface area contributed by atoms with Crippen molar-refractivity contribution < 1.29 is 5.11 Å². The number of anilines is 1. The third kappa shape index (κ3) is 3.62. The summed E-state index contributed by atoms with van der Waals surface area (Å²) in [5, 5.41) is 13.0. The number of nitrogens with zero attached hydrogens (tertiary/aromatic N) is 1. The van der Waals surface area contributed by atoms with Crippen LogP contribution in [0.4, 0.5) is 5.69 Å². The van der Waals surface area contributed by atoms with Gasteiger partial charge in [0.1, 0.15) is 0 Å². The van der Waals surface area contributed by atoms with Crippen molar-refractivity contribution in [1.82, 2.24) is 5.32 Å². The van der Waals surface area contributed by atoms with Crippen molar-refractivity contribution in [2.24, 2.45) is 0 Å². The minimum Gasteiger partial charge on any atom is -0.396 e. The van der Waals surface area contributed by atoms with Crippen molar-refractivity contribution >= 4 is 17.3 Å². The first-order chi connectivity index (χ1) is 9.26. The Bertz CT molecular complexity index is 407. The smallest absolute Gasteiger partial charge is 0.0471 e. The molecule has 0 unspecified atom stereocenters. The zero-order chi connectivity index (χ0) is 13.7. The molecule has 1 aromatic carbocycles. The molecular weight excluding hydrogens is 260 g/mol. The Kier molecular flexibility index (Phi) is 5.49. The monoisotopic (exact) mass is 282 g/mol. The molecule has 2 rings (SSSR count). The highest BCUT2D eigenvalue weighted by molar-refractivity contribution is 6.31. The molecule has 1 aliphatic rings. The normalized spacial score (nSPS) is 15.3. The van der Waals surface area contributed by atoms with Gasteiger partial charge in [0.15, 0.2) is 0 Å². The van der Waals surface area contributed by atoms with E-state index in [1.54, 1.807) is 0 Å². The molecule has 19 heavy (non-hydrogen) atoms. The second-order valence-electron chi connectivity index (χ2n) is 5.16. The lowest BCUT2D eigenvalue weighted by molar-refractivity contribution is 0.283. The van der Waals surface area contributed by atoms with Gasteiger partial charge in [0.2, 0.25) is 0 Å². The summed E-state index contributed by atoms with van der Waals surface area (Å²) in [5.41, 5.74) is 2.31. The first kappa shape index (κ1) is 14.6. The summed E-state index contributed by atoms with van der Waals surface area (Å²) >= 11 is 6.34. The maximum atomic E-state index is 9.04. The summed E-state index contributed by atoms with van der Waals surface area (Å²) in [4.78, 5) is 2.40. The van der Waals surface area contributed by atoms with E-state index in [4.69, 9.17) is 16.7 Å². The van der Waals surface area contributed by atoms with Crippen molar-refractivity contribution in [3.63, 3.8) is 0 Å². The quantitative estimate of drug-likeness (QED) is 0.807. The highest BCUT2D eigenvalue weighted by Gasteiger charge is 2.25. The Balaban J connectivity index is 2.13. The first-order valence-electron chi connectivity index (χ1n) is 7.06. The van der Waals surface area contributed by atoms with Crippen LogP contribution >= 0.6 is 11.6 Å². The zero-order valence-electron chi connectivity index (χ0n) is 11.5. The first-order valence-corrected chi connectivity index (χ1v) is 7.44. The summed E-state index contributed by atoms with van der Waals surface area (Å²) in [6.07, 6.45) is 4.63. The average Bonchev–Trinajstić information content (AvgIpc) is 2.35. The number of rotatable bonds is 7. The molecule has 0 saturated heterocycles. The minimum absolute atomic E-state index is 0.245. The summed E-state index contributed by atoms with van der Waals surface area (Å²) in [6.45, 7) is 1.94. The van der Waals surface area contributed by atoms with Crippen LogP contribution in [0, 0.1) is 0 Å². The molecule has 1 fully saturated rings. The van der Waals surface area contributed by atoms with E-state index in [-0.39, 0.29) is 6.61 Å². The molecule has 2 N–H and O–H groups in total. The van der Waals surface area contributed by atoms with E-state index >= 15 is 0 Å². The van der Waals surface area contributed by atoms with Gasteiger partial charge in [-0.15, -0.1) is 0 Å². The molecule has 4 heteroatoms. The number of benzene rings is 1. The number of hydrogen-bond donors (Lipinski definition) is 2. The van der Waals surface area contributed by atoms with E-state index in [9.17, 15) is 0 Å². The number of hydrogen-bond acceptors (Lipinski definition) is 3. The van der Waals surface area contributed by atoms with Gasteiger partial charge in [-0.1, -0.05) is 17.7 Å². The SMILES string of the molecule is CNCc1ccc(N(CCCO)C2CCC2)cc1Cl. The molecule has 3 nitrogen and oxygen atoms in total. The van der Waals surface area contributed by atoms with Gasteiger partial charge in [0, 0.05) is 36.4 Å². The maximum Gasteiger partial charge on any atom is 0.0471 e. The molecule has 0 radical (unpaired) electrons. The average molecular weight is 283 g/mol. The fourth-order valence-corrected chi connectivity index (χ4v) is 2.75. The van der Waals surface area contributed by atoms with E-state index in [1.807, 2.05) is 7.05 Å². The van der Waals surface area contributed by atoms with Crippen molar-refractivity contribution in [3.05, 3.63) is 28.8 Å². The fraction of sp³-hybridized carbons (Fsp3) is 0.600. The summed E-state index contributed by atoms with van der Waals surface area (Å²) < 4.78 is 0. The molecule has 1 aromatic rings. The number of aliphatic hydroxyl groups is 1. The highest BCUT2D eigenvalue weighted by atomic mass is 35.5. The second kappa shape index (κ2) is 7.13. The van der Waals surface area contributed by atoms with E-state index < -0.39 is 0 Å². The second-order valence-corrected chi connectivity index (χ2v) is 5.57. The Labute approximate surface area is 120 Å². The van der Waals surface area contributed by atoms with Crippen molar-refractivity contribution in [1.29, 1.82) is 0 Å². The standard InChI is InChI=1S/C15H23ClN2O/c1-17-11-12-6-7-14(10-15(12)16)18(8-3-9-19)13-4-2-5-13/h6-7,10,13,17,19H,2-5,8-9,11H2,1H3. The molecule has 0 heterocycles. The number of halogens is 1. The van der Waals surface area contributed by atoms with Crippen LogP contribution in [0.25, 0.3) is 0 Å². The lowest BCUT2D eigenvalue weighted by Gasteiger charge is -2.39. The highest BCUT2D eigenvalue weighted by Crippen LogP contribution is 2.32. The fourth-order valence-electron chi connectivity index (χ4n) is 2.51. The van der Waals surface area contributed by atoms with E-state index in [0.717, 1.165) is 30.1 Å². The summed E-state index contributed by atoms with van der Waals surface area (Å²) in [5.74, 6) is 0. The van der Waals surface area contributed by atoms with Crippen LogP contribution in [0.5, 0.6) is 0 Å². The van der Waals surface area contributed by atoms with Gasteiger partial charge in [0.05, 0.1) is 0 Å². The van der Waals surface area contributed by atoms with Gasteiger partial charge in [-0.2, -0.15) is 0 Å². The third-order valence-electron chi connectivity index (χ3n) is 3.81. The molecular formula is C15H23ClN2O. The van der Waals surface area contributed by atoms with Gasteiger partial charge < -0.3 is 15.3 Å². The number of aliphatic hydroxyl groups excluding tert-OH is 1. The molecule has 0 aliphatic heterocycles. The lowest BCUT2D eigenvalue weighted by Crippen LogP contribution is -2.41. The van der Waals surface area contributed by atoms with Gasteiger partial charge >= 0.3 is 0 Å². The molecule has 1 aliphatic carbocycles. The Morgan fingerprint density at radius 1 is 1.42 bits per heavy atom. The molecule has 0 atom stereocenters. The third-order valence-corrected chi connectivity index (χ3v) is 4.16. The van der Waals surface area contributed by atoms with Gasteiger partial charge in [0.25, 0.3) is 0 Å². The molecule has 1 saturated carbocycles. The van der Waals surface area contributed by atoms with Crippen LogP contribution < -0.4 is 10.2 Å². The van der Waals surface area contributed by atoms with Gasteiger partial charge in [-0.05, 0) is 50.4 Å². The van der Waals surface area contributed by atoms with Crippen LogP contribution in [0.1, 0.15) is 31.2 Å². The van der Waals surface area contributed by atoms with Crippen LogP contribution in [0.15, 0.2) is 18.2 Å². The predicted molar refractivity (Wildman–Crippen MR) is 80.9 cm³/mol. The largest absolute Gasteiger partial charge is 0.396 e. The topological polar surface area (TPSA) is 35.5 Å². The molecule has 0 amide bonds. The molecule has 106 valence electrons. The minimum atomic E-state index is 0.245. The summed E-state index contributed by atoms with van der Waals surface area (Å²) in [6, 6.07) is 6.93. The van der Waals surface area contributed by atoms with Crippen LogP contribution in [0.3, 0.4) is 0 Å². The van der Waals surface area contributed by atoms with Crippen LogP contribution in [0.2, 0.25) is 5.02 Å². The van der Waals surface area contributed by atoms with Crippen LogP contribution in [-0.4, -0.2) is 31.3 Å². The van der Waals surface area contributed by atoms with Crippen molar-refractivity contribution in [3.8, 4) is 0 Å². The summed E-state index contributed by atoms with van der Waals surface area (Å²) in [7, 11) is 1.92. The number of nitrogens with one attached hydrogen (secondary N) is 1. The maximum absolute atomic E-state index is 9.04. The molecule has 0 spiro atoms. The van der Waals surface area contributed by atoms with E-state index in [2.05, 4.69) is 28.4 Å². The van der Waals surface area contributed by atoms with Crippen molar-refractivity contribution in [2.75, 3.05) is 25.1 Å². The molecule has 0 aromatic heterocycles. The Hall–Kier alpha value is -0.770. The van der Waals surface area contributed by atoms with Gasteiger partial charge in [-0.25, -0.2) is 0 Å². The Morgan fingerprint density at radius 2 is 2.21 bits per heavy atom. The lowest BCUT2D eigenvalue weighted by atomic mass is 9.91. The van der Waals surface area contributed by atoms with E-state index in [0.29, 0.717) is 6.04 Å². The Morgan fingerprint density at radius 3 is 2.74 bits per heavy atom. The zero-order valence-corrected chi connectivity index (χ0v) is 12.3.